The highest BCUT2D eigenvalue weighted by Crippen LogP contribution is 2.19. The van der Waals surface area contributed by atoms with Crippen molar-refractivity contribution in [2.24, 2.45) is 0 Å². The number of nitrogens with zero attached hydrogens (tertiary/aromatic N) is 1. The third kappa shape index (κ3) is 2.81. The molecule has 1 heterocycles. The monoisotopic (exact) mass is 255 g/mol. The number of carbonyl (C=O) groups is 1. The molecular formula is C16H19N2O+. The number of aromatic nitrogens is 1. The van der Waals surface area contributed by atoms with Crippen molar-refractivity contribution in [3.05, 3.63) is 59.4 Å². The molecule has 0 bridgehead atoms. The van der Waals surface area contributed by atoms with Crippen LogP contribution in [-0.2, 0) is 6.54 Å². The molecule has 3 nitrogen and oxygen atoms in total. The van der Waals surface area contributed by atoms with Gasteiger partial charge in [-0.15, -0.1) is 0 Å². The van der Waals surface area contributed by atoms with Crippen molar-refractivity contribution in [1.29, 1.82) is 0 Å². The van der Waals surface area contributed by atoms with E-state index in [9.17, 15) is 4.79 Å². The highest BCUT2D eigenvalue weighted by atomic mass is 16.1. The van der Waals surface area contributed by atoms with Gasteiger partial charge in [-0.25, -0.2) is 0 Å². The third-order valence-corrected chi connectivity index (χ3v) is 3.23. The van der Waals surface area contributed by atoms with Crippen LogP contribution in [0.15, 0.2) is 42.6 Å². The van der Waals surface area contributed by atoms with Gasteiger partial charge in [-0.2, -0.15) is 4.57 Å². The second kappa shape index (κ2) is 5.65. The van der Waals surface area contributed by atoms with Gasteiger partial charge in [0.1, 0.15) is 6.54 Å². The van der Waals surface area contributed by atoms with Gasteiger partial charge in [0, 0.05) is 17.8 Å². The predicted octanol–water partition coefficient (Wildman–Crippen LogP) is 2.86. The number of benzene rings is 1. The SMILES string of the molecule is CC[n+]1ccccc1C(=O)Nc1c(C)cccc1C. The summed E-state index contributed by atoms with van der Waals surface area (Å²) in [5, 5.41) is 3.01. The van der Waals surface area contributed by atoms with Crippen molar-refractivity contribution < 1.29 is 9.36 Å². The van der Waals surface area contributed by atoms with Crippen LogP contribution in [0.5, 0.6) is 0 Å². The van der Waals surface area contributed by atoms with E-state index in [-0.39, 0.29) is 5.91 Å². The summed E-state index contributed by atoms with van der Waals surface area (Å²) in [6, 6.07) is 11.6. The molecule has 98 valence electrons. The van der Waals surface area contributed by atoms with Crippen LogP contribution >= 0.6 is 0 Å². The summed E-state index contributed by atoms with van der Waals surface area (Å²) in [5.74, 6) is -0.0696. The van der Waals surface area contributed by atoms with Gasteiger partial charge in [0.15, 0.2) is 6.20 Å². The molecule has 0 aliphatic carbocycles. The normalized spacial score (nSPS) is 10.3. The van der Waals surface area contributed by atoms with Gasteiger partial charge in [0.2, 0.25) is 0 Å². The summed E-state index contributed by atoms with van der Waals surface area (Å²) in [4.78, 5) is 12.4. The van der Waals surface area contributed by atoms with Crippen molar-refractivity contribution in [2.45, 2.75) is 27.3 Å². The Morgan fingerprint density at radius 2 is 1.79 bits per heavy atom. The molecule has 0 aliphatic rings. The first kappa shape index (κ1) is 13.3. The predicted molar refractivity (Wildman–Crippen MR) is 76.2 cm³/mol. The van der Waals surface area contributed by atoms with Crippen molar-refractivity contribution in [1.82, 2.24) is 0 Å². The molecule has 0 aliphatic heterocycles. The largest absolute Gasteiger partial charge is 0.320 e. The van der Waals surface area contributed by atoms with Gasteiger partial charge >= 0.3 is 5.91 Å². The Balaban J connectivity index is 2.31. The van der Waals surface area contributed by atoms with Crippen LogP contribution in [0.1, 0.15) is 28.5 Å². The van der Waals surface area contributed by atoms with Crippen LogP contribution in [0.4, 0.5) is 5.69 Å². The highest BCUT2D eigenvalue weighted by Gasteiger charge is 2.18. The molecule has 0 unspecified atom stereocenters. The summed E-state index contributed by atoms with van der Waals surface area (Å²) in [6.07, 6.45) is 1.92. The minimum Gasteiger partial charge on any atom is -0.316 e. The molecule has 0 radical (unpaired) electrons. The van der Waals surface area contributed by atoms with Crippen LogP contribution in [0.3, 0.4) is 0 Å². The average Bonchev–Trinajstić information content (AvgIpc) is 2.42. The minimum absolute atomic E-state index is 0.0696. The summed E-state index contributed by atoms with van der Waals surface area (Å²) in [5.41, 5.74) is 3.73. The number of hydrogen-bond acceptors (Lipinski definition) is 1. The zero-order valence-electron chi connectivity index (χ0n) is 11.6. The maximum absolute atomic E-state index is 12.4. The van der Waals surface area contributed by atoms with Crippen LogP contribution in [-0.4, -0.2) is 5.91 Å². The van der Waals surface area contributed by atoms with Crippen LogP contribution in [0.2, 0.25) is 0 Å². The van der Waals surface area contributed by atoms with Crippen LogP contribution < -0.4 is 9.88 Å². The molecule has 19 heavy (non-hydrogen) atoms. The number of nitrogens with one attached hydrogen (secondary N) is 1. The number of anilines is 1. The van der Waals surface area contributed by atoms with E-state index in [1.807, 2.05) is 67.9 Å². The Morgan fingerprint density at radius 3 is 2.42 bits per heavy atom. The lowest BCUT2D eigenvalue weighted by molar-refractivity contribution is -0.695. The van der Waals surface area contributed by atoms with E-state index < -0.39 is 0 Å². The van der Waals surface area contributed by atoms with Crippen molar-refractivity contribution >= 4 is 11.6 Å². The molecule has 0 saturated carbocycles. The molecule has 1 aromatic heterocycles. The quantitative estimate of drug-likeness (QED) is 0.840. The first-order valence-electron chi connectivity index (χ1n) is 6.49. The lowest BCUT2D eigenvalue weighted by atomic mass is 10.1. The molecule has 1 N–H and O–H groups in total. The zero-order chi connectivity index (χ0) is 13.8. The number of aryl methyl sites for hydroxylation is 3. The Labute approximate surface area is 113 Å². The molecule has 0 saturated heterocycles. The number of hydrogen-bond donors (Lipinski definition) is 1. The fourth-order valence-corrected chi connectivity index (χ4v) is 2.15. The van der Waals surface area contributed by atoms with E-state index in [0.29, 0.717) is 5.69 Å². The van der Waals surface area contributed by atoms with E-state index in [0.717, 1.165) is 23.4 Å². The van der Waals surface area contributed by atoms with Gasteiger partial charge in [0.25, 0.3) is 5.69 Å². The summed E-state index contributed by atoms with van der Waals surface area (Å²) in [7, 11) is 0. The Bertz CT molecular complexity index is 585. The van der Waals surface area contributed by atoms with Crippen LogP contribution in [0.25, 0.3) is 0 Å². The summed E-state index contributed by atoms with van der Waals surface area (Å²) < 4.78 is 1.93. The maximum atomic E-state index is 12.4. The summed E-state index contributed by atoms with van der Waals surface area (Å²) >= 11 is 0. The topological polar surface area (TPSA) is 33.0 Å². The number of para-hydroxylation sites is 1. The number of carbonyl (C=O) groups excluding carboxylic acids is 1. The van der Waals surface area contributed by atoms with E-state index in [1.165, 1.54) is 0 Å². The first-order chi connectivity index (χ1) is 9.13. The highest BCUT2D eigenvalue weighted by molar-refractivity contribution is 6.02. The second-order valence-corrected chi connectivity index (χ2v) is 4.59. The fraction of sp³-hybridized carbons (Fsp3) is 0.250. The molecular weight excluding hydrogens is 236 g/mol. The molecule has 0 spiro atoms. The molecule has 2 rings (SSSR count). The van der Waals surface area contributed by atoms with Gasteiger partial charge in [-0.1, -0.05) is 18.2 Å². The van der Waals surface area contributed by atoms with Gasteiger partial charge in [-0.05, 0) is 38.0 Å². The number of amides is 1. The molecule has 1 aromatic carbocycles. The van der Waals surface area contributed by atoms with Crippen molar-refractivity contribution in [2.75, 3.05) is 5.32 Å². The zero-order valence-corrected chi connectivity index (χ0v) is 11.6. The van der Waals surface area contributed by atoms with Gasteiger partial charge in [0.05, 0.1) is 0 Å². The van der Waals surface area contributed by atoms with Crippen molar-refractivity contribution in [3.8, 4) is 0 Å². The maximum Gasteiger partial charge on any atom is 0.320 e. The summed E-state index contributed by atoms with van der Waals surface area (Å²) in [6.45, 7) is 6.80. The number of pyridine rings is 1. The molecule has 1 amide bonds. The smallest absolute Gasteiger partial charge is 0.316 e. The number of rotatable bonds is 3. The Morgan fingerprint density at radius 1 is 1.11 bits per heavy atom. The average molecular weight is 255 g/mol. The standard InChI is InChI=1S/C16H18N2O/c1-4-18-11-6-5-10-14(18)16(19)17-15-12(2)8-7-9-13(15)3/h5-11H,4H2,1-3H3/p+1. The van der Waals surface area contributed by atoms with E-state index >= 15 is 0 Å². The fourth-order valence-electron chi connectivity index (χ4n) is 2.15. The Hall–Kier alpha value is -2.16. The molecule has 0 fully saturated rings. The van der Waals surface area contributed by atoms with Crippen molar-refractivity contribution in [3.63, 3.8) is 0 Å². The first-order valence-corrected chi connectivity index (χ1v) is 6.49. The lowest BCUT2D eigenvalue weighted by Gasteiger charge is -2.10. The van der Waals surface area contributed by atoms with Crippen LogP contribution in [0, 0.1) is 13.8 Å². The third-order valence-electron chi connectivity index (χ3n) is 3.23. The van der Waals surface area contributed by atoms with Gasteiger partial charge in [-0.3, -0.25) is 4.79 Å². The molecule has 2 aromatic rings. The molecule has 3 heteroatoms. The minimum atomic E-state index is -0.0696. The van der Waals surface area contributed by atoms with E-state index in [4.69, 9.17) is 0 Å². The van der Waals surface area contributed by atoms with Gasteiger partial charge < -0.3 is 5.32 Å². The second-order valence-electron chi connectivity index (χ2n) is 4.59. The lowest BCUT2D eigenvalue weighted by Crippen LogP contribution is -2.40. The Kier molecular flexibility index (Phi) is 3.95. The molecule has 0 atom stereocenters. The van der Waals surface area contributed by atoms with E-state index in [2.05, 4.69) is 5.32 Å². The van der Waals surface area contributed by atoms with E-state index in [1.54, 1.807) is 0 Å².